The van der Waals surface area contributed by atoms with E-state index in [0.29, 0.717) is 22.6 Å². The maximum Gasteiger partial charge on any atom is 0.255 e. The van der Waals surface area contributed by atoms with Gasteiger partial charge in [-0.15, -0.1) is 0 Å². The zero-order valence-corrected chi connectivity index (χ0v) is 16.4. The number of carbonyl (C=O) groups excluding carboxylic acids is 1. The summed E-state index contributed by atoms with van der Waals surface area (Å²) in [6, 6.07) is 12.8. The van der Waals surface area contributed by atoms with Crippen molar-refractivity contribution >= 4 is 23.2 Å². The summed E-state index contributed by atoms with van der Waals surface area (Å²) in [5.74, 6) is -0.284. The molecule has 0 saturated heterocycles. The molecule has 7 heteroatoms. The zero-order valence-electron chi connectivity index (χ0n) is 15.7. The molecule has 0 radical (unpaired) electrons. The van der Waals surface area contributed by atoms with Crippen molar-refractivity contribution in [2.75, 3.05) is 5.32 Å². The molecule has 3 rings (SSSR count). The van der Waals surface area contributed by atoms with E-state index < -0.39 is 5.41 Å². The number of nitrogens with zero attached hydrogens (tertiary/aromatic N) is 4. The predicted molar refractivity (Wildman–Crippen MR) is 108 cm³/mol. The molecule has 0 aliphatic heterocycles. The van der Waals surface area contributed by atoms with Crippen LogP contribution in [0.25, 0.3) is 11.3 Å². The Hall–Kier alpha value is -3.30. The first kappa shape index (κ1) is 19.5. The van der Waals surface area contributed by atoms with Gasteiger partial charge in [0.15, 0.2) is 0 Å². The molecule has 0 aliphatic carbocycles. The third-order valence-electron chi connectivity index (χ3n) is 4.34. The van der Waals surface area contributed by atoms with Crippen molar-refractivity contribution in [1.82, 2.24) is 15.0 Å². The van der Waals surface area contributed by atoms with Gasteiger partial charge in [0.1, 0.15) is 0 Å². The van der Waals surface area contributed by atoms with Crippen LogP contribution in [0.15, 0.2) is 48.8 Å². The zero-order chi connectivity index (χ0) is 20.3. The van der Waals surface area contributed by atoms with Crippen LogP contribution in [0.1, 0.15) is 35.5 Å². The van der Waals surface area contributed by atoms with Crippen LogP contribution in [0.3, 0.4) is 0 Å². The molecule has 1 N–H and O–H groups in total. The fourth-order valence-electron chi connectivity index (χ4n) is 2.63. The van der Waals surface area contributed by atoms with E-state index in [9.17, 15) is 10.1 Å². The molecule has 28 heavy (non-hydrogen) atoms. The Morgan fingerprint density at radius 2 is 1.89 bits per heavy atom. The third kappa shape index (κ3) is 4.16. The van der Waals surface area contributed by atoms with Crippen molar-refractivity contribution in [2.45, 2.75) is 26.2 Å². The lowest BCUT2D eigenvalue weighted by Crippen LogP contribution is -2.18. The fraction of sp³-hybridized carbons (Fsp3) is 0.190. The molecule has 0 atom stereocenters. The lowest BCUT2D eigenvalue weighted by molar-refractivity contribution is 0.102. The number of amides is 1. The van der Waals surface area contributed by atoms with Gasteiger partial charge in [-0.2, -0.15) is 5.26 Å². The molecule has 0 unspecified atom stereocenters. The first-order valence-electron chi connectivity index (χ1n) is 8.59. The van der Waals surface area contributed by atoms with Gasteiger partial charge in [0.2, 0.25) is 5.28 Å². The van der Waals surface area contributed by atoms with E-state index in [4.69, 9.17) is 11.6 Å². The fourth-order valence-corrected chi connectivity index (χ4v) is 2.78. The smallest absolute Gasteiger partial charge is 0.255 e. The van der Waals surface area contributed by atoms with Gasteiger partial charge in [-0.25, -0.2) is 9.97 Å². The summed E-state index contributed by atoms with van der Waals surface area (Å²) in [4.78, 5) is 25.0. The Balaban J connectivity index is 1.89. The van der Waals surface area contributed by atoms with Crippen LogP contribution in [-0.2, 0) is 5.41 Å². The van der Waals surface area contributed by atoms with E-state index in [2.05, 4.69) is 26.3 Å². The second-order valence-corrected chi connectivity index (χ2v) is 7.20. The number of nitrogens with one attached hydrogen (secondary N) is 1. The number of benzene rings is 1. The summed E-state index contributed by atoms with van der Waals surface area (Å²) in [5.41, 5.74) is 3.34. The molecular formula is C21H18ClN5O. The summed E-state index contributed by atoms with van der Waals surface area (Å²) in [6.07, 6.45) is 3.12. The predicted octanol–water partition coefficient (Wildman–Crippen LogP) is 4.55. The van der Waals surface area contributed by atoms with E-state index in [-0.39, 0.29) is 11.2 Å². The first-order valence-corrected chi connectivity index (χ1v) is 8.96. The Kier molecular flexibility index (Phi) is 5.39. The van der Waals surface area contributed by atoms with Gasteiger partial charge < -0.3 is 5.32 Å². The van der Waals surface area contributed by atoms with Crippen molar-refractivity contribution in [3.8, 4) is 17.3 Å². The van der Waals surface area contributed by atoms with E-state index in [1.807, 2.05) is 25.1 Å². The molecule has 0 bridgehead atoms. The van der Waals surface area contributed by atoms with Gasteiger partial charge in [0.25, 0.3) is 5.91 Å². The second-order valence-electron chi connectivity index (χ2n) is 6.86. The Labute approximate surface area is 168 Å². The summed E-state index contributed by atoms with van der Waals surface area (Å²) < 4.78 is 0. The molecule has 1 amide bonds. The van der Waals surface area contributed by atoms with Gasteiger partial charge in [0.05, 0.1) is 22.9 Å². The summed E-state index contributed by atoms with van der Waals surface area (Å²) in [5, 5.41) is 12.3. The van der Waals surface area contributed by atoms with Gasteiger partial charge >= 0.3 is 0 Å². The number of hydrogen-bond donors (Lipinski definition) is 1. The Morgan fingerprint density at radius 1 is 1.14 bits per heavy atom. The molecule has 3 aromatic rings. The van der Waals surface area contributed by atoms with Crippen LogP contribution in [-0.4, -0.2) is 20.9 Å². The number of rotatable bonds is 4. The third-order valence-corrected chi connectivity index (χ3v) is 4.52. The molecule has 0 aliphatic rings. The maximum atomic E-state index is 12.7. The van der Waals surface area contributed by atoms with Crippen LogP contribution in [0.2, 0.25) is 5.28 Å². The SMILES string of the molecule is Cc1ccc(NC(=O)c2ccnc(C(C)(C)C#N)c2)cc1-c1ccnc(Cl)n1. The van der Waals surface area contributed by atoms with Crippen LogP contribution in [0.5, 0.6) is 0 Å². The molecule has 140 valence electrons. The number of aryl methyl sites for hydroxylation is 1. The van der Waals surface area contributed by atoms with Crippen molar-refractivity contribution in [3.63, 3.8) is 0 Å². The molecule has 2 heterocycles. The minimum atomic E-state index is -0.778. The first-order chi connectivity index (χ1) is 13.3. The van der Waals surface area contributed by atoms with Gasteiger partial charge in [0, 0.05) is 29.2 Å². The van der Waals surface area contributed by atoms with Crippen LogP contribution < -0.4 is 5.32 Å². The maximum absolute atomic E-state index is 12.7. The quantitative estimate of drug-likeness (QED) is 0.658. The number of hydrogen-bond acceptors (Lipinski definition) is 5. The lowest BCUT2D eigenvalue weighted by atomic mass is 9.90. The van der Waals surface area contributed by atoms with Crippen molar-refractivity contribution in [3.05, 3.63) is 70.9 Å². The minimum absolute atomic E-state index is 0.163. The average molecular weight is 392 g/mol. The Morgan fingerprint density at radius 3 is 2.61 bits per heavy atom. The van der Waals surface area contributed by atoms with E-state index >= 15 is 0 Å². The van der Waals surface area contributed by atoms with E-state index in [0.717, 1.165) is 11.1 Å². The highest BCUT2D eigenvalue weighted by Gasteiger charge is 2.22. The van der Waals surface area contributed by atoms with Gasteiger partial charge in [-0.05, 0) is 68.3 Å². The molecule has 0 saturated carbocycles. The van der Waals surface area contributed by atoms with Crippen molar-refractivity contribution in [2.24, 2.45) is 0 Å². The van der Waals surface area contributed by atoms with Gasteiger partial charge in [-0.3, -0.25) is 9.78 Å². The number of aromatic nitrogens is 3. The number of anilines is 1. The van der Waals surface area contributed by atoms with Crippen LogP contribution >= 0.6 is 11.6 Å². The molecule has 1 aromatic carbocycles. The average Bonchev–Trinajstić information content (AvgIpc) is 2.69. The standard InChI is InChI=1S/C21H18ClN5O/c1-13-4-5-15(11-16(13)17-7-9-25-20(22)27-17)26-19(28)14-6-8-24-18(10-14)21(2,3)12-23/h4-11H,1-3H3,(H,26,28). The summed E-state index contributed by atoms with van der Waals surface area (Å²) in [7, 11) is 0. The topological polar surface area (TPSA) is 91.6 Å². The van der Waals surface area contributed by atoms with Crippen LogP contribution in [0.4, 0.5) is 5.69 Å². The van der Waals surface area contributed by atoms with Gasteiger partial charge in [-0.1, -0.05) is 6.07 Å². The Bertz CT molecular complexity index is 1090. The van der Waals surface area contributed by atoms with E-state index in [1.54, 1.807) is 38.2 Å². The number of nitriles is 1. The highest BCUT2D eigenvalue weighted by atomic mass is 35.5. The highest BCUT2D eigenvalue weighted by molar-refractivity contribution is 6.28. The number of carbonyl (C=O) groups is 1. The van der Waals surface area contributed by atoms with E-state index in [1.165, 1.54) is 6.20 Å². The second kappa shape index (κ2) is 7.75. The molecule has 0 spiro atoms. The summed E-state index contributed by atoms with van der Waals surface area (Å²) in [6.45, 7) is 5.47. The molecular weight excluding hydrogens is 374 g/mol. The monoisotopic (exact) mass is 391 g/mol. The molecule has 6 nitrogen and oxygen atoms in total. The number of halogens is 1. The minimum Gasteiger partial charge on any atom is -0.322 e. The summed E-state index contributed by atoms with van der Waals surface area (Å²) >= 11 is 5.89. The van der Waals surface area contributed by atoms with Crippen LogP contribution in [0, 0.1) is 18.3 Å². The van der Waals surface area contributed by atoms with Crippen molar-refractivity contribution < 1.29 is 4.79 Å². The lowest BCUT2D eigenvalue weighted by Gasteiger charge is -2.15. The number of pyridine rings is 1. The molecule has 0 fully saturated rings. The highest BCUT2D eigenvalue weighted by Crippen LogP contribution is 2.26. The normalized spacial score (nSPS) is 11.0. The largest absolute Gasteiger partial charge is 0.322 e. The molecule has 2 aromatic heterocycles. The van der Waals surface area contributed by atoms with Crippen molar-refractivity contribution in [1.29, 1.82) is 5.26 Å².